The number of hydrogen-bond donors (Lipinski definition) is 1. The number of thioether (sulfide) groups is 1. The number of methoxy groups -OCH3 is 2. The standard InChI is InChI=1S/C12H19NO2S/c1-14-10-7-6-9(5-4-8-13)11(15-2)12(10)16-3/h6-7H,4-5,8,13H2,1-3H3. The summed E-state index contributed by atoms with van der Waals surface area (Å²) in [5.74, 6) is 1.78. The topological polar surface area (TPSA) is 44.5 Å². The van der Waals surface area contributed by atoms with Gasteiger partial charge in [0.2, 0.25) is 0 Å². The molecule has 0 aliphatic heterocycles. The fraction of sp³-hybridized carbons (Fsp3) is 0.500. The first-order valence-electron chi connectivity index (χ1n) is 5.26. The predicted octanol–water partition coefficient (Wildman–Crippen LogP) is 2.32. The predicted molar refractivity (Wildman–Crippen MR) is 68.7 cm³/mol. The third kappa shape index (κ3) is 2.83. The summed E-state index contributed by atoms with van der Waals surface area (Å²) < 4.78 is 10.8. The van der Waals surface area contributed by atoms with Crippen LogP contribution in [-0.2, 0) is 6.42 Å². The third-order valence-corrected chi connectivity index (χ3v) is 3.23. The minimum atomic E-state index is 0.698. The van der Waals surface area contributed by atoms with Gasteiger partial charge in [-0.05, 0) is 37.3 Å². The Morgan fingerprint density at radius 1 is 1.25 bits per heavy atom. The Kier molecular flexibility index (Phi) is 5.49. The maximum atomic E-state index is 5.52. The summed E-state index contributed by atoms with van der Waals surface area (Å²) in [4.78, 5) is 1.06. The first kappa shape index (κ1) is 13.2. The number of benzene rings is 1. The molecule has 0 aliphatic rings. The van der Waals surface area contributed by atoms with E-state index in [2.05, 4.69) is 0 Å². The minimum absolute atomic E-state index is 0.698. The van der Waals surface area contributed by atoms with E-state index in [1.807, 2.05) is 18.4 Å². The molecule has 1 aromatic rings. The molecule has 0 saturated heterocycles. The summed E-state index contributed by atoms with van der Waals surface area (Å²) in [6.45, 7) is 0.698. The Morgan fingerprint density at radius 3 is 2.50 bits per heavy atom. The van der Waals surface area contributed by atoms with Gasteiger partial charge in [-0.2, -0.15) is 0 Å². The van der Waals surface area contributed by atoms with E-state index in [9.17, 15) is 0 Å². The van der Waals surface area contributed by atoms with Gasteiger partial charge in [0.1, 0.15) is 11.5 Å². The molecule has 1 aromatic carbocycles. The Bertz CT molecular complexity index is 342. The molecule has 0 aliphatic carbocycles. The summed E-state index contributed by atoms with van der Waals surface area (Å²) >= 11 is 1.64. The second-order valence-corrected chi connectivity index (χ2v) is 4.20. The summed E-state index contributed by atoms with van der Waals surface area (Å²) in [5, 5.41) is 0. The molecule has 0 radical (unpaired) electrons. The molecule has 0 aromatic heterocycles. The van der Waals surface area contributed by atoms with E-state index in [0.717, 1.165) is 29.2 Å². The molecule has 0 saturated carbocycles. The quantitative estimate of drug-likeness (QED) is 0.776. The smallest absolute Gasteiger partial charge is 0.139 e. The van der Waals surface area contributed by atoms with Crippen LogP contribution >= 0.6 is 11.8 Å². The molecule has 0 amide bonds. The molecule has 2 N–H and O–H groups in total. The number of ether oxygens (including phenoxy) is 2. The highest BCUT2D eigenvalue weighted by Gasteiger charge is 2.13. The zero-order chi connectivity index (χ0) is 12.0. The monoisotopic (exact) mass is 241 g/mol. The maximum Gasteiger partial charge on any atom is 0.139 e. The SMILES string of the molecule is COc1ccc(CCCN)c(OC)c1SC. The van der Waals surface area contributed by atoms with Gasteiger partial charge in [0.25, 0.3) is 0 Å². The fourth-order valence-corrected chi connectivity index (χ4v) is 2.40. The molecule has 4 heteroatoms. The molecule has 0 atom stereocenters. The highest BCUT2D eigenvalue weighted by molar-refractivity contribution is 7.98. The summed E-state index contributed by atoms with van der Waals surface area (Å²) in [5.41, 5.74) is 6.72. The molecule has 0 heterocycles. The molecule has 3 nitrogen and oxygen atoms in total. The first-order valence-corrected chi connectivity index (χ1v) is 6.48. The van der Waals surface area contributed by atoms with Gasteiger partial charge in [-0.1, -0.05) is 6.07 Å². The van der Waals surface area contributed by atoms with Crippen molar-refractivity contribution in [3.63, 3.8) is 0 Å². The van der Waals surface area contributed by atoms with Crippen LogP contribution in [0.1, 0.15) is 12.0 Å². The van der Waals surface area contributed by atoms with Crippen LogP contribution in [0.15, 0.2) is 17.0 Å². The third-order valence-electron chi connectivity index (χ3n) is 2.44. The van der Waals surface area contributed by atoms with Crippen LogP contribution in [0.25, 0.3) is 0 Å². The van der Waals surface area contributed by atoms with Crippen LogP contribution < -0.4 is 15.2 Å². The molecule has 0 spiro atoms. The van der Waals surface area contributed by atoms with Crippen LogP contribution in [0.5, 0.6) is 11.5 Å². The largest absolute Gasteiger partial charge is 0.495 e. The number of aryl methyl sites for hydroxylation is 1. The highest BCUT2D eigenvalue weighted by atomic mass is 32.2. The molecule has 0 fully saturated rings. The zero-order valence-electron chi connectivity index (χ0n) is 10.1. The van der Waals surface area contributed by atoms with Crippen molar-refractivity contribution in [2.75, 3.05) is 27.0 Å². The van der Waals surface area contributed by atoms with Crippen LogP contribution in [0.4, 0.5) is 0 Å². The molecule has 1 rings (SSSR count). The molecular weight excluding hydrogens is 222 g/mol. The van der Waals surface area contributed by atoms with E-state index in [4.69, 9.17) is 15.2 Å². The van der Waals surface area contributed by atoms with Gasteiger partial charge in [-0.15, -0.1) is 11.8 Å². The van der Waals surface area contributed by atoms with E-state index in [1.165, 1.54) is 5.56 Å². The Hall–Kier alpha value is -0.870. The van der Waals surface area contributed by atoms with E-state index >= 15 is 0 Å². The number of nitrogens with two attached hydrogens (primary N) is 1. The maximum absolute atomic E-state index is 5.52. The lowest BCUT2D eigenvalue weighted by atomic mass is 10.1. The van der Waals surface area contributed by atoms with Crippen LogP contribution in [-0.4, -0.2) is 27.0 Å². The Labute approximate surface area is 101 Å². The zero-order valence-corrected chi connectivity index (χ0v) is 10.9. The van der Waals surface area contributed by atoms with Gasteiger partial charge < -0.3 is 15.2 Å². The van der Waals surface area contributed by atoms with Crippen LogP contribution in [0.2, 0.25) is 0 Å². The van der Waals surface area contributed by atoms with E-state index in [1.54, 1.807) is 26.0 Å². The van der Waals surface area contributed by atoms with Crippen molar-refractivity contribution < 1.29 is 9.47 Å². The minimum Gasteiger partial charge on any atom is -0.495 e. The molecule has 0 bridgehead atoms. The summed E-state index contributed by atoms with van der Waals surface area (Å²) in [6, 6.07) is 4.03. The van der Waals surface area contributed by atoms with Crippen molar-refractivity contribution in [2.45, 2.75) is 17.7 Å². The van der Waals surface area contributed by atoms with Crippen molar-refractivity contribution in [2.24, 2.45) is 5.73 Å². The van der Waals surface area contributed by atoms with Gasteiger partial charge in [0.05, 0.1) is 19.1 Å². The number of hydrogen-bond acceptors (Lipinski definition) is 4. The molecule has 90 valence electrons. The second kappa shape index (κ2) is 6.66. The van der Waals surface area contributed by atoms with Gasteiger partial charge in [-0.3, -0.25) is 0 Å². The first-order chi connectivity index (χ1) is 7.78. The highest BCUT2D eigenvalue weighted by Crippen LogP contribution is 2.39. The normalized spacial score (nSPS) is 10.2. The molecule has 0 unspecified atom stereocenters. The average Bonchev–Trinajstić information content (AvgIpc) is 2.34. The van der Waals surface area contributed by atoms with Gasteiger partial charge >= 0.3 is 0 Å². The van der Waals surface area contributed by atoms with Crippen LogP contribution in [0.3, 0.4) is 0 Å². The van der Waals surface area contributed by atoms with Crippen molar-refractivity contribution in [3.05, 3.63) is 17.7 Å². The van der Waals surface area contributed by atoms with E-state index in [0.29, 0.717) is 6.54 Å². The van der Waals surface area contributed by atoms with Crippen molar-refractivity contribution >= 4 is 11.8 Å². The second-order valence-electron chi connectivity index (χ2n) is 3.39. The molecular formula is C12H19NO2S. The molecule has 16 heavy (non-hydrogen) atoms. The van der Waals surface area contributed by atoms with Gasteiger partial charge in [0.15, 0.2) is 0 Å². The lowest BCUT2D eigenvalue weighted by molar-refractivity contribution is 0.373. The summed E-state index contributed by atoms with van der Waals surface area (Å²) in [6.07, 6.45) is 3.93. The van der Waals surface area contributed by atoms with E-state index in [-0.39, 0.29) is 0 Å². The summed E-state index contributed by atoms with van der Waals surface area (Å²) in [7, 11) is 3.37. The Morgan fingerprint density at radius 2 is 2.00 bits per heavy atom. The number of rotatable bonds is 6. The fourth-order valence-electron chi connectivity index (χ4n) is 1.65. The lowest BCUT2D eigenvalue weighted by Gasteiger charge is -2.15. The van der Waals surface area contributed by atoms with Crippen LogP contribution in [0, 0.1) is 0 Å². The van der Waals surface area contributed by atoms with Gasteiger partial charge in [-0.25, -0.2) is 0 Å². The van der Waals surface area contributed by atoms with Gasteiger partial charge in [0, 0.05) is 0 Å². The average molecular weight is 241 g/mol. The van der Waals surface area contributed by atoms with Crippen molar-refractivity contribution in [1.82, 2.24) is 0 Å². The van der Waals surface area contributed by atoms with Crippen molar-refractivity contribution in [1.29, 1.82) is 0 Å². The van der Waals surface area contributed by atoms with Crippen molar-refractivity contribution in [3.8, 4) is 11.5 Å². The Balaban J connectivity index is 3.10. The van der Waals surface area contributed by atoms with E-state index < -0.39 is 0 Å². The lowest BCUT2D eigenvalue weighted by Crippen LogP contribution is -2.02.